The van der Waals surface area contributed by atoms with Crippen molar-refractivity contribution in [3.8, 4) is 0 Å². The van der Waals surface area contributed by atoms with E-state index in [2.05, 4.69) is 46.2 Å². The molecule has 0 heterocycles. The summed E-state index contributed by atoms with van der Waals surface area (Å²) >= 11 is 1.93. The molecule has 18 heavy (non-hydrogen) atoms. The van der Waals surface area contributed by atoms with Gasteiger partial charge in [-0.3, -0.25) is 0 Å². The summed E-state index contributed by atoms with van der Waals surface area (Å²) in [5, 5.41) is 3.77. The number of ether oxygens (including phenoxy) is 1. The summed E-state index contributed by atoms with van der Waals surface area (Å²) in [5.74, 6) is 1.88. The van der Waals surface area contributed by atoms with E-state index in [1.54, 1.807) is 0 Å². The van der Waals surface area contributed by atoms with E-state index in [1.165, 1.54) is 18.6 Å². The molecule has 0 spiro atoms. The van der Waals surface area contributed by atoms with Gasteiger partial charge in [0.1, 0.15) is 0 Å². The predicted octanol–water partition coefficient (Wildman–Crippen LogP) is 3.56. The van der Waals surface area contributed by atoms with Crippen LogP contribution in [0.4, 0.5) is 0 Å². The lowest BCUT2D eigenvalue weighted by Crippen LogP contribution is -2.62. The largest absolute Gasteiger partial charge is 0.377 e. The van der Waals surface area contributed by atoms with Crippen molar-refractivity contribution < 1.29 is 4.74 Å². The normalized spacial score (nSPS) is 28.2. The monoisotopic (exact) mass is 273 g/mol. The lowest BCUT2D eigenvalue weighted by atomic mass is 9.64. The van der Waals surface area contributed by atoms with Crippen LogP contribution in [-0.4, -0.2) is 36.8 Å². The number of hydrogen-bond donors (Lipinski definition) is 1. The Morgan fingerprint density at radius 2 is 2.00 bits per heavy atom. The molecule has 3 atom stereocenters. The fourth-order valence-electron chi connectivity index (χ4n) is 2.48. The lowest BCUT2D eigenvalue weighted by molar-refractivity contribution is -0.125. The van der Waals surface area contributed by atoms with Gasteiger partial charge in [0.05, 0.1) is 6.10 Å². The Balaban J connectivity index is 2.30. The molecule has 1 fully saturated rings. The van der Waals surface area contributed by atoms with Gasteiger partial charge >= 0.3 is 0 Å². The standard InChI is InChI=1S/C15H31NOS/c1-11(2)10-17-14-9-13(15(14,4)5)16-12(3)7-8-18-6/h11-14,16H,7-10H2,1-6H3. The van der Waals surface area contributed by atoms with E-state index in [9.17, 15) is 0 Å². The van der Waals surface area contributed by atoms with Crippen LogP contribution < -0.4 is 5.32 Å². The molecule has 0 aromatic carbocycles. The van der Waals surface area contributed by atoms with E-state index in [-0.39, 0.29) is 5.41 Å². The Morgan fingerprint density at radius 3 is 2.50 bits per heavy atom. The molecule has 1 N–H and O–H groups in total. The Hall–Kier alpha value is 0.270. The molecule has 0 aromatic rings. The molecule has 108 valence electrons. The summed E-state index contributed by atoms with van der Waals surface area (Å²) < 4.78 is 6.00. The van der Waals surface area contributed by atoms with Gasteiger partial charge in [-0.1, -0.05) is 27.7 Å². The number of thioether (sulfide) groups is 1. The molecule has 0 aliphatic heterocycles. The molecule has 1 saturated carbocycles. The topological polar surface area (TPSA) is 21.3 Å². The molecule has 0 aromatic heterocycles. The van der Waals surface area contributed by atoms with Gasteiger partial charge in [-0.2, -0.15) is 11.8 Å². The smallest absolute Gasteiger partial charge is 0.0656 e. The quantitative estimate of drug-likeness (QED) is 0.730. The van der Waals surface area contributed by atoms with E-state index < -0.39 is 0 Å². The third kappa shape index (κ3) is 4.43. The highest BCUT2D eigenvalue weighted by Gasteiger charge is 2.49. The third-order valence-corrected chi connectivity index (χ3v) is 4.69. The van der Waals surface area contributed by atoms with Crippen molar-refractivity contribution in [3.63, 3.8) is 0 Å². The van der Waals surface area contributed by atoms with Crippen LogP contribution in [0.15, 0.2) is 0 Å². The molecular weight excluding hydrogens is 242 g/mol. The second-order valence-corrected chi connectivity index (χ2v) is 7.66. The maximum Gasteiger partial charge on any atom is 0.0656 e. The lowest BCUT2D eigenvalue weighted by Gasteiger charge is -2.53. The van der Waals surface area contributed by atoms with Crippen molar-refractivity contribution >= 4 is 11.8 Å². The molecular formula is C15H31NOS. The maximum atomic E-state index is 6.00. The minimum atomic E-state index is 0.280. The highest BCUT2D eigenvalue weighted by atomic mass is 32.2. The first-order chi connectivity index (χ1) is 8.37. The highest BCUT2D eigenvalue weighted by molar-refractivity contribution is 7.98. The van der Waals surface area contributed by atoms with Crippen molar-refractivity contribution in [2.75, 3.05) is 18.6 Å². The van der Waals surface area contributed by atoms with Crippen molar-refractivity contribution in [1.82, 2.24) is 5.32 Å². The van der Waals surface area contributed by atoms with Gasteiger partial charge in [-0.15, -0.1) is 0 Å². The molecule has 1 aliphatic rings. The van der Waals surface area contributed by atoms with Crippen LogP contribution in [0.3, 0.4) is 0 Å². The molecule has 2 nitrogen and oxygen atoms in total. The second kappa shape index (κ2) is 7.16. The van der Waals surface area contributed by atoms with Gasteiger partial charge in [0.25, 0.3) is 0 Å². The van der Waals surface area contributed by atoms with Crippen LogP contribution in [0.1, 0.15) is 47.5 Å². The summed E-state index contributed by atoms with van der Waals surface area (Å²) in [7, 11) is 0. The number of nitrogens with one attached hydrogen (secondary N) is 1. The first-order valence-corrected chi connectivity index (χ1v) is 8.63. The minimum Gasteiger partial charge on any atom is -0.377 e. The molecule has 0 bridgehead atoms. The predicted molar refractivity (Wildman–Crippen MR) is 82.4 cm³/mol. The Labute approximate surface area is 118 Å². The van der Waals surface area contributed by atoms with Gasteiger partial charge in [0.15, 0.2) is 0 Å². The van der Waals surface area contributed by atoms with Crippen molar-refractivity contribution in [2.45, 2.75) is 65.6 Å². The average molecular weight is 273 g/mol. The van der Waals surface area contributed by atoms with E-state index in [0.717, 1.165) is 6.61 Å². The summed E-state index contributed by atoms with van der Waals surface area (Å²) in [5.41, 5.74) is 0.280. The molecule has 3 unspecified atom stereocenters. The molecule has 0 radical (unpaired) electrons. The van der Waals surface area contributed by atoms with Gasteiger partial charge in [0.2, 0.25) is 0 Å². The molecule has 3 heteroatoms. The molecule has 0 saturated heterocycles. The van der Waals surface area contributed by atoms with E-state index in [0.29, 0.717) is 24.1 Å². The van der Waals surface area contributed by atoms with Gasteiger partial charge in [-0.25, -0.2) is 0 Å². The minimum absolute atomic E-state index is 0.280. The van der Waals surface area contributed by atoms with Crippen molar-refractivity contribution in [2.24, 2.45) is 11.3 Å². The zero-order valence-electron chi connectivity index (χ0n) is 13.0. The van der Waals surface area contributed by atoms with Crippen LogP contribution >= 0.6 is 11.8 Å². The van der Waals surface area contributed by atoms with Crippen molar-refractivity contribution in [3.05, 3.63) is 0 Å². The fraction of sp³-hybridized carbons (Fsp3) is 1.00. The Bertz CT molecular complexity index is 243. The molecule has 1 aliphatic carbocycles. The van der Waals surface area contributed by atoms with Gasteiger partial charge in [-0.05, 0) is 37.7 Å². The SMILES string of the molecule is CSCCC(C)NC1CC(OCC(C)C)C1(C)C. The van der Waals surface area contributed by atoms with Crippen LogP contribution in [-0.2, 0) is 4.74 Å². The Kier molecular flexibility index (Phi) is 6.49. The molecule has 1 rings (SSSR count). The summed E-state index contributed by atoms with van der Waals surface area (Å²) in [6.07, 6.45) is 5.04. The maximum absolute atomic E-state index is 6.00. The number of rotatable bonds is 8. The van der Waals surface area contributed by atoms with Crippen LogP contribution in [0.5, 0.6) is 0 Å². The zero-order valence-corrected chi connectivity index (χ0v) is 13.8. The van der Waals surface area contributed by atoms with E-state index in [1.807, 2.05) is 11.8 Å². The number of hydrogen-bond acceptors (Lipinski definition) is 3. The zero-order chi connectivity index (χ0) is 13.8. The Morgan fingerprint density at radius 1 is 1.33 bits per heavy atom. The fourth-order valence-corrected chi connectivity index (χ4v) is 3.07. The first kappa shape index (κ1) is 16.3. The van der Waals surface area contributed by atoms with Crippen LogP contribution in [0.2, 0.25) is 0 Å². The summed E-state index contributed by atoms with van der Waals surface area (Å²) in [4.78, 5) is 0. The van der Waals surface area contributed by atoms with Gasteiger partial charge in [0, 0.05) is 24.1 Å². The van der Waals surface area contributed by atoms with Gasteiger partial charge < -0.3 is 10.1 Å². The highest BCUT2D eigenvalue weighted by Crippen LogP contribution is 2.43. The van der Waals surface area contributed by atoms with E-state index >= 15 is 0 Å². The van der Waals surface area contributed by atoms with Crippen LogP contribution in [0.25, 0.3) is 0 Å². The van der Waals surface area contributed by atoms with Crippen LogP contribution in [0, 0.1) is 11.3 Å². The average Bonchev–Trinajstić information content (AvgIpc) is 2.29. The summed E-state index contributed by atoms with van der Waals surface area (Å²) in [6, 6.07) is 1.24. The van der Waals surface area contributed by atoms with E-state index in [4.69, 9.17) is 4.74 Å². The summed E-state index contributed by atoms with van der Waals surface area (Å²) in [6.45, 7) is 12.3. The van der Waals surface area contributed by atoms with Crippen molar-refractivity contribution in [1.29, 1.82) is 0 Å². The first-order valence-electron chi connectivity index (χ1n) is 7.24. The third-order valence-electron chi connectivity index (χ3n) is 4.05. The molecule has 0 amide bonds. The second-order valence-electron chi connectivity index (χ2n) is 6.67.